The zero-order valence-corrected chi connectivity index (χ0v) is 12.7. The molecule has 3 aromatic heterocycles. The van der Waals surface area contributed by atoms with Crippen molar-refractivity contribution in [3.8, 4) is 0 Å². The van der Waals surface area contributed by atoms with Gasteiger partial charge in [-0.1, -0.05) is 0 Å². The molecule has 3 aromatic rings. The predicted molar refractivity (Wildman–Crippen MR) is 81.2 cm³/mol. The van der Waals surface area contributed by atoms with Crippen LogP contribution in [0.15, 0.2) is 31.2 Å². The van der Waals surface area contributed by atoms with Crippen LogP contribution < -0.4 is 16.4 Å². The Morgan fingerprint density at radius 2 is 2.14 bits per heavy atom. The van der Waals surface area contributed by atoms with E-state index in [-0.39, 0.29) is 0 Å². The molecule has 21 heavy (non-hydrogen) atoms. The summed E-state index contributed by atoms with van der Waals surface area (Å²) in [5.74, 6) is 0.488. The Bertz CT molecular complexity index is 928. The first-order valence-electron chi connectivity index (χ1n) is 5.86. The standard InChI is InChI=1S/C11H10N6O2S2/c1-12-10-14-8-5(3-4-20-8)9(15-10)21-11-13-6(18)7(19)16-17(11)2/h3-4H,1-2H3,(H,16,19)(H,12,14,15). The highest BCUT2D eigenvalue weighted by atomic mass is 32.2. The maximum absolute atomic E-state index is 11.4. The molecule has 0 aliphatic heterocycles. The van der Waals surface area contributed by atoms with E-state index in [1.165, 1.54) is 27.8 Å². The molecule has 3 heterocycles. The molecule has 0 saturated carbocycles. The molecule has 0 radical (unpaired) electrons. The third-order valence-electron chi connectivity index (χ3n) is 2.65. The maximum atomic E-state index is 11.4. The molecule has 8 nitrogen and oxygen atoms in total. The molecule has 2 N–H and O–H groups in total. The average Bonchev–Trinajstić information content (AvgIpc) is 2.93. The van der Waals surface area contributed by atoms with Gasteiger partial charge in [-0.2, -0.15) is 4.98 Å². The molecule has 0 fully saturated rings. The summed E-state index contributed by atoms with van der Waals surface area (Å²) in [6, 6.07) is 1.91. The minimum absolute atomic E-state index is 0.354. The van der Waals surface area contributed by atoms with Crippen LogP contribution >= 0.6 is 23.1 Å². The first-order valence-corrected chi connectivity index (χ1v) is 7.56. The Morgan fingerprint density at radius 1 is 1.33 bits per heavy atom. The summed E-state index contributed by atoms with van der Waals surface area (Å²) < 4.78 is 1.40. The Kier molecular flexibility index (Phi) is 3.47. The number of hydrogen-bond acceptors (Lipinski definition) is 8. The molecule has 3 rings (SSSR count). The van der Waals surface area contributed by atoms with Gasteiger partial charge in [0.05, 0.1) is 0 Å². The number of rotatable bonds is 3. The lowest BCUT2D eigenvalue weighted by Gasteiger charge is -2.07. The fraction of sp³-hybridized carbons (Fsp3) is 0.182. The largest absolute Gasteiger partial charge is 0.357 e. The van der Waals surface area contributed by atoms with Gasteiger partial charge >= 0.3 is 11.1 Å². The second-order valence-corrected chi connectivity index (χ2v) is 5.89. The summed E-state index contributed by atoms with van der Waals surface area (Å²) in [6.45, 7) is 0. The fourth-order valence-corrected chi connectivity index (χ4v) is 3.38. The number of aromatic amines is 1. The third-order valence-corrected chi connectivity index (χ3v) is 4.51. The molecule has 0 saturated heterocycles. The molecule has 0 bridgehead atoms. The van der Waals surface area contributed by atoms with Crippen LogP contribution in [0.5, 0.6) is 0 Å². The highest BCUT2D eigenvalue weighted by Gasteiger charge is 2.13. The Balaban J connectivity index is 2.13. The van der Waals surface area contributed by atoms with E-state index in [9.17, 15) is 9.59 Å². The van der Waals surface area contributed by atoms with Crippen LogP contribution in [0.4, 0.5) is 5.95 Å². The molecule has 0 aromatic carbocycles. The molecular weight excluding hydrogens is 312 g/mol. The van der Waals surface area contributed by atoms with Crippen LogP contribution in [-0.2, 0) is 7.05 Å². The van der Waals surface area contributed by atoms with E-state index >= 15 is 0 Å². The number of nitrogens with zero attached hydrogens (tertiary/aromatic N) is 4. The molecule has 0 amide bonds. The van der Waals surface area contributed by atoms with E-state index in [2.05, 4.69) is 25.4 Å². The van der Waals surface area contributed by atoms with Gasteiger partial charge in [0, 0.05) is 19.5 Å². The van der Waals surface area contributed by atoms with Gasteiger partial charge in [-0.15, -0.1) is 11.3 Å². The number of aryl methyl sites for hydroxylation is 1. The van der Waals surface area contributed by atoms with E-state index in [1.807, 2.05) is 11.4 Å². The number of H-pyrrole nitrogens is 1. The van der Waals surface area contributed by atoms with Crippen molar-refractivity contribution in [1.29, 1.82) is 0 Å². The molecular formula is C11H10N6O2S2. The molecule has 0 unspecified atom stereocenters. The van der Waals surface area contributed by atoms with Crippen molar-refractivity contribution in [2.75, 3.05) is 12.4 Å². The van der Waals surface area contributed by atoms with Gasteiger partial charge in [-0.05, 0) is 23.2 Å². The summed E-state index contributed by atoms with van der Waals surface area (Å²) in [6.07, 6.45) is 0. The Morgan fingerprint density at radius 3 is 2.90 bits per heavy atom. The van der Waals surface area contributed by atoms with Gasteiger partial charge in [-0.3, -0.25) is 19.4 Å². The molecule has 0 aliphatic carbocycles. The molecule has 0 aliphatic rings. The third kappa shape index (κ3) is 2.54. The van der Waals surface area contributed by atoms with Gasteiger partial charge in [0.15, 0.2) is 5.16 Å². The van der Waals surface area contributed by atoms with E-state index in [1.54, 1.807) is 14.1 Å². The Labute approximate surface area is 126 Å². The molecule has 0 spiro atoms. The zero-order chi connectivity index (χ0) is 15.0. The van der Waals surface area contributed by atoms with Crippen molar-refractivity contribution in [3.05, 3.63) is 32.2 Å². The number of hydrogen-bond donors (Lipinski definition) is 2. The summed E-state index contributed by atoms with van der Waals surface area (Å²) in [5, 5.41) is 9.12. The first-order chi connectivity index (χ1) is 10.1. The number of fused-ring (bicyclic) bond motifs is 1. The summed E-state index contributed by atoms with van der Waals surface area (Å²) in [4.78, 5) is 35.9. The number of thiophene rings is 1. The van der Waals surface area contributed by atoms with Gasteiger partial charge in [0.1, 0.15) is 9.86 Å². The lowest BCUT2D eigenvalue weighted by Crippen LogP contribution is -2.33. The lowest BCUT2D eigenvalue weighted by atomic mass is 10.4. The number of anilines is 1. The second kappa shape index (κ2) is 5.30. The second-order valence-electron chi connectivity index (χ2n) is 4.04. The minimum atomic E-state index is -0.819. The van der Waals surface area contributed by atoms with Crippen molar-refractivity contribution in [3.63, 3.8) is 0 Å². The molecule has 10 heteroatoms. The lowest BCUT2D eigenvalue weighted by molar-refractivity contribution is 0.596. The van der Waals surface area contributed by atoms with Crippen molar-refractivity contribution in [1.82, 2.24) is 24.7 Å². The highest BCUT2D eigenvalue weighted by Crippen LogP contribution is 2.32. The van der Waals surface area contributed by atoms with Crippen molar-refractivity contribution < 1.29 is 0 Å². The topological polar surface area (TPSA) is 106 Å². The van der Waals surface area contributed by atoms with E-state index in [4.69, 9.17) is 0 Å². The van der Waals surface area contributed by atoms with Crippen LogP contribution in [0, 0.1) is 0 Å². The van der Waals surface area contributed by atoms with E-state index in [0.29, 0.717) is 16.1 Å². The summed E-state index contributed by atoms with van der Waals surface area (Å²) in [5.41, 5.74) is -1.57. The highest BCUT2D eigenvalue weighted by molar-refractivity contribution is 7.99. The monoisotopic (exact) mass is 322 g/mol. The van der Waals surface area contributed by atoms with Crippen LogP contribution in [0.3, 0.4) is 0 Å². The normalized spacial score (nSPS) is 11.0. The van der Waals surface area contributed by atoms with Crippen molar-refractivity contribution in [2.24, 2.45) is 7.05 Å². The summed E-state index contributed by atoms with van der Waals surface area (Å²) in [7, 11) is 3.35. The van der Waals surface area contributed by atoms with Crippen molar-refractivity contribution in [2.45, 2.75) is 10.2 Å². The molecule has 0 atom stereocenters. The van der Waals surface area contributed by atoms with Crippen molar-refractivity contribution >= 4 is 39.3 Å². The molecule has 108 valence electrons. The quantitative estimate of drug-likeness (QED) is 0.539. The van der Waals surface area contributed by atoms with Gasteiger partial charge in [-0.25, -0.2) is 9.97 Å². The minimum Gasteiger partial charge on any atom is -0.357 e. The Hall–Kier alpha value is -2.20. The fourth-order valence-electron chi connectivity index (χ4n) is 1.66. The van der Waals surface area contributed by atoms with E-state index in [0.717, 1.165) is 10.2 Å². The maximum Gasteiger partial charge on any atom is 0.339 e. The van der Waals surface area contributed by atoms with Crippen LogP contribution in [0.2, 0.25) is 0 Å². The smallest absolute Gasteiger partial charge is 0.339 e. The average molecular weight is 322 g/mol. The van der Waals surface area contributed by atoms with Gasteiger partial charge in [0.2, 0.25) is 5.95 Å². The first kappa shape index (κ1) is 13.8. The summed E-state index contributed by atoms with van der Waals surface area (Å²) >= 11 is 2.70. The predicted octanol–water partition coefficient (Wildman–Crippen LogP) is 0.666. The van der Waals surface area contributed by atoms with Gasteiger partial charge < -0.3 is 5.32 Å². The SMILES string of the molecule is CNc1nc(Sc2nc(=O)c(=O)[nH]n2C)c2ccsc2n1. The zero-order valence-electron chi connectivity index (χ0n) is 11.1. The van der Waals surface area contributed by atoms with Gasteiger partial charge in [0.25, 0.3) is 0 Å². The van der Waals surface area contributed by atoms with Crippen LogP contribution in [-0.4, -0.2) is 31.8 Å². The number of aromatic nitrogens is 5. The van der Waals surface area contributed by atoms with Crippen LogP contribution in [0.25, 0.3) is 10.2 Å². The number of nitrogens with one attached hydrogen (secondary N) is 2. The van der Waals surface area contributed by atoms with Crippen LogP contribution in [0.1, 0.15) is 0 Å². The van der Waals surface area contributed by atoms with E-state index < -0.39 is 11.1 Å².